The van der Waals surface area contributed by atoms with Gasteiger partial charge in [-0.05, 0) is 74.7 Å². The minimum Gasteiger partial charge on any atom is -0.488 e. The van der Waals surface area contributed by atoms with E-state index in [1.54, 1.807) is 0 Å². The number of carbonyl (C=O) groups excluding carboxylic acids is 1. The summed E-state index contributed by atoms with van der Waals surface area (Å²) in [6.45, 7) is 9.61. The third-order valence-corrected chi connectivity index (χ3v) is 6.42. The molecule has 0 bridgehead atoms. The number of amides is 1. The monoisotopic (exact) mass is 405 g/mol. The Balaban J connectivity index is 1.49. The van der Waals surface area contributed by atoms with Crippen molar-refractivity contribution in [2.45, 2.75) is 47.1 Å². The summed E-state index contributed by atoms with van der Waals surface area (Å²) in [4.78, 5) is 15.9. The fourth-order valence-electron chi connectivity index (χ4n) is 4.18. The maximum absolute atomic E-state index is 13.2. The molecule has 0 radical (unpaired) electrons. The molecule has 0 spiro atoms. The summed E-state index contributed by atoms with van der Waals surface area (Å²) in [6, 6.07) is 12.6. The zero-order valence-corrected chi connectivity index (χ0v) is 18.4. The lowest BCUT2D eigenvalue weighted by Gasteiger charge is -2.29. The lowest BCUT2D eigenvalue weighted by atomic mass is 9.99. The first-order valence-corrected chi connectivity index (χ1v) is 11.0. The number of anilines is 1. The highest BCUT2D eigenvalue weighted by molar-refractivity contribution is 7.12. The second-order valence-corrected chi connectivity index (χ2v) is 8.94. The van der Waals surface area contributed by atoms with Gasteiger partial charge in [0.15, 0.2) is 0 Å². The lowest BCUT2D eigenvalue weighted by molar-refractivity contribution is 0.0989. The molecular formula is C25H27NO2S. The molecule has 0 saturated heterocycles. The molecule has 4 rings (SSSR count). The van der Waals surface area contributed by atoms with Gasteiger partial charge in [-0.3, -0.25) is 4.79 Å². The van der Waals surface area contributed by atoms with Crippen LogP contribution < -0.4 is 9.64 Å². The van der Waals surface area contributed by atoms with E-state index in [0.29, 0.717) is 6.61 Å². The average Bonchev–Trinajstić information content (AvgIpc) is 3.15. The largest absolute Gasteiger partial charge is 0.488 e. The summed E-state index contributed by atoms with van der Waals surface area (Å²) in [5, 5.41) is 2.03. The second-order valence-electron chi connectivity index (χ2n) is 8.03. The summed E-state index contributed by atoms with van der Waals surface area (Å²) in [5.41, 5.74) is 8.16. The van der Waals surface area contributed by atoms with Crippen LogP contribution >= 0.6 is 11.3 Å². The van der Waals surface area contributed by atoms with Crippen LogP contribution in [0.25, 0.3) is 0 Å². The molecule has 2 heterocycles. The maximum atomic E-state index is 13.2. The number of nitrogens with zero attached hydrogens (tertiary/aromatic N) is 1. The number of hydrogen-bond acceptors (Lipinski definition) is 3. The van der Waals surface area contributed by atoms with Gasteiger partial charge in [-0.1, -0.05) is 35.4 Å². The van der Waals surface area contributed by atoms with Crippen molar-refractivity contribution in [3.63, 3.8) is 0 Å². The lowest BCUT2D eigenvalue weighted by Crippen LogP contribution is -2.35. The third kappa shape index (κ3) is 4.08. The van der Waals surface area contributed by atoms with Gasteiger partial charge in [-0.25, -0.2) is 0 Å². The van der Waals surface area contributed by atoms with Crippen LogP contribution in [0.15, 0.2) is 41.8 Å². The molecule has 2 aromatic carbocycles. The molecule has 3 aromatic rings. The van der Waals surface area contributed by atoms with Crippen molar-refractivity contribution in [2.24, 2.45) is 0 Å². The van der Waals surface area contributed by atoms with Crippen LogP contribution in [0, 0.1) is 27.7 Å². The molecule has 1 aliphatic heterocycles. The second kappa shape index (κ2) is 8.03. The van der Waals surface area contributed by atoms with Crippen LogP contribution in [0.1, 0.15) is 49.5 Å². The Morgan fingerprint density at radius 2 is 1.79 bits per heavy atom. The Morgan fingerprint density at radius 1 is 1.03 bits per heavy atom. The van der Waals surface area contributed by atoms with Crippen LogP contribution in [-0.2, 0) is 13.0 Å². The molecular weight excluding hydrogens is 378 g/mol. The molecule has 0 saturated carbocycles. The minimum absolute atomic E-state index is 0.0914. The van der Waals surface area contributed by atoms with Gasteiger partial charge in [0.2, 0.25) is 0 Å². The van der Waals surface area contributed by atoms with E-state index in [0.717, 1.165) is 52.4 Å². The van der Waals surface area contributed by atoms with Crippen LogP contribution in [0.5, 0.6) is 5.75 Å². The van der Waals surface area contributed by atoms with Gasteiger partial charge in [0.25, 0.3) is 5.91 Å². The zero-order valence-electron chi connectivity index (χ0n) is 17.5. The first kappa shape index (κ1) is 19.7. The zero-order chi connectivity index (χ0) is 20.5. The van der Waals surface area contributed by atoms with Crippen molar-refractivity contribution in [3.05, 3.63) is 80.0 Å². The van der Waals surface area contributed by atoms with Crippen molar-refractivity contribution in [1.29, 1.82) is 0 Å². The van der Waals surface area contributed by atoms with Gasteiger partial charge in [0, 0.05) is 17.8 Å². The van der Waals surface area contributed by atoms with E-state index >= 15 is 0 Å². The molecule has 4 heteroatoms. The first-order chi connectivity index (χ1) is 13.9. The molecule has 1 aliphatic rings. The number of aryl methyl sites for hydroxylation is 5. The maximum Gasteiger partial charge on any atom is 0.268 e. The van der Waals surface area contributed by atoms with E-state index in [-0.39, 0.29) is 5.91 Å². The Kier molecular flexibility index (Phi) is 5.46. The van der Waals surface area contributed by atoms with Gasteiger partial charge < -0.3 is 9.64 Å². The van der Waals surface area contributed by atoms with Crippen molar-refractivity contribution in [1.82, 2.24) is 0 Å². The topological polar surface area (TPSA) is 29.5 Å². The number of rotatable bonds is 4. The molecule has 1 amide bonds. The van der Waals surface area contributed by atoms with Crippen molar-refractivity contribution in [2.75, 3.05) is 11.4 Å². The van der Waals surface area contributed by atoms with Gasteiger partial charge in [0.1, 0.15) is 12.4 Å². The number of thiophene rings is 1. The summed E-state index contributed by atoms with van der Waals surface area (Å²) in [7, 11) is 0. The van der Waals surface area contributed by atoms with Crippen molar-refractivity contribution < 1.29 is 9.53 Å². The Hall–Kier alpha value is -2.59. The standard InChI is InChI=1S/C25H27NO2S/c1-16-7-8-22-21(12-16)6-5-9-26(22)25(27)23-13-20(15-29-23)14-28-24-18(3)10-17(2)11-19(24)4/h7-8,10-13,15H,5-6,9,14H2,1-4H3. The van der Waals surface area contributed by atoms with E-state index in [1.165, 1.54) is 28.0 Å². The van der Waals surface area contributed by atoms with Crippen LogP contribution in [0.3, 0.4) is 0 Å². The Bertz CT molecular complexity index is 1040. The Labute approximate surface area is 176 Å². The molecule has 0 fully saturated rings. The molecule has 0 unspecified atom stereocenters. The molecule has 0 N–H and O–H groups in total. The summed E-state index contributed by atoms with van der Waals surface area (Å²) in [5.74, 6) is 1.03. The first-order valence-electron chi connectivity index (χ1n) is 10.1. The number of fused-ring (bicyclic) bond motifs is 1. The predicted octanol–water partition coefficient (Wildman–Crippen LogP) is 6.15. The molecule has 3 nitrogen and oxygen atoms in total. The normalized spacial score (nSPS) is 13.3. The summed E-state index contributed by atoms with van der Waals surface area (Å²) < 4.78 is 6.10. The fraction of sp³-hybridized carbons (Fsp3) is 0.320. The van der Waals surface area contributed by atoms with E-state index in [9.17, 15) is 4.79 Å². The minimum atomic E-state index is 0.0914. The fourth-order valence-corrected chi connectivity index (χ4v) is 5.03. The highest BCUT2D eigenvalue weighted by atomic mass is 32.1. The highest BCUT2D eigenvalue weighted by Gasteiger charge is 2.24. The number of carbonyl (C=O) groups is 1. The average molecular weight is 406 g/mol. The number of ether oxygens (including phenoxy) is 1. The molecule has 0 atom stereocenters. The van der Waals surface area contributed by atoms with Gasteiger partial charge in [-0.15, -0.1) is 11.3 Å². The van der Waals surface area contributed by atoms with Gasteiger partial charge in [-0.2, -0.15) is 0 Å². The summed E-state index contributed by atoms with van der Waals surface area (Å²) in [6.07, 6.45) is 2.05. The van der Waals surface area contributed by atoms with Crippen LogP contribution in [-0.4, -0.2) is 12.5 Å². The molecule has 1 aromatic heterocycles. The van der Waals surface area contributed by atoms with Gasteiger partial charge in [0.05, 0.1) is 4.88 Å². The van der Waals surface area contributed by atoms with Crippen LogP contribution in [0.4, 0.5) is 5.69 Å². The molecule has 150 valence electrons. The Morgan fingerprint density at radius 3 is 2.55 bits per heavy atom. The van der Waals surface area contributed by atoms with Crippen molar-refractivity contribution in [3.8, 4) is 5.75 Å². The summed E-state index contributed by atoms with van der Waals surface area (Å²) >= 11 is 1.50. The van der Waals surface area contributed by atoms with E-state index in [1.807, 2.05) is 16.3 Å². The van der Waals surface area contributed by atoms with Crippen LogP contribution in [0.2, 0.25) is 0 Å². The predicted molar refractivity (Wildman–Crippen MR) is 120 cm³/mol. The molecule has 0 aliphatic carbocycles. The number of benzene rings is 2. The smallest absolute Gasteiger partial charge is 0.268 e. The van der Waals surface area contributed by atoms with E-state index < -0.39 is 0 Å². The van der Waals surface area contributed by atoms with E-state index in [2.05, 4.69) is 58.0 Å². The number of hydrogen-bond donors (Lipinski definition) is 0. The molecule has 29 heavy (non-hydrogen) atoms. The third-order valence-electron chi connectivity index (χ3n) is 5.45. The highest BCUT2D eigenvalue weighted by Crippen LogP contribution is 2.31. The van der Waals surface area contributed by atoms with E-state index in [4.69, 9.17) is 4.74 Å². The quantitative estimate of drug-likeness (QED) is 0.521. The SMILES string of the molecule is Cc1cc(C)c(OCc2csc(C(=O)N3CCCc4cc(C)ccc43)c2)c(C)c1. The van der Waals surface area contributed by atoms with Crippen molar-refractivity contribution >= 4 is 22.9 Å². The van der Waals surface area contributed by atoms with Gasteiger partial charge >= 0.3 is 0 Å².